The van der Waals surface area contributed by atoms with Gasteiger partial charge in [-0.05, 0) is 44.1 Å². The zero-order chi connectivity index (χ0) is 14.2. The largest absolute Gasteiger partial charge is 0.361 e. The average molecular weight is 292 g/mol. The van der Waals surface area contributed by atoms with Crippen molar-refractivity contribution >= 4 is 15.9 Å². The van der Waals surface area contributed by atoms with Crippen LogP contribution < -0.4 is 0 Å². The van der Waals surface area contributed by atoms with Crippen molar-refractivity contribution in [3.63, 3.8) is 0 Å². The molecule has 1 saturated heterocycles. The minimum Gasteiger partial charge on any atom is -0.361 e. The molecule has 1 fully saturated rings. The average Bonchev–Trinajstić information content (AvgIpc) is 2.67. The summed E-state index contributed by atoms with van der Waals surface area (Å²) in [7, 11) is -1.23. The van der Waals surface area contributed by atoms with Crippen molar-refractivity contribution in [1.29, 1.82) is 0 Å². The molecule has 0 radical (unpaired) electrons. The molecule has 1 aromatic carbocycles. The number of hydrogen-bond acceptors (Lipinski definition) is 4. The Morgan fingerprint density at radius 1 is 1.00 bits per heavy atom. The van der Waals surface area contributed by atoms with Crippen LogP contribution in [0.15, 0.2) is 34.2 Å². The van der Waals surface area contributed by atoms with Gasteiger partial charge in [0, 0.05) is 19.6 Å². The number of sulfone groups is 1. The summed E-state index contributed by atoms with van der Waals surface area (Å²) < 4.78 is 25.3. The second-order valence-electron chi connectivity index (χ2n) is 5.52. The summed E-state index contributed by atoms with van der Waals surface area (Å²) in [6, 6.07) is 7.24. The third-order valence-corrected chi connectivity index (χ3v) is 5.92. The minimum atomic E-state index is -3.32. The summed E-state index contributed by atoms with van der Waals surface area (Å²) >= 11 is 0. The van der Waals surface area contributed by atoms with Crippen molar-refractivity contribution in [2.75, 3.05) is 33.2 Å². The highest BCUT2D eigenvalue weighted by atomic mass is 32.2. The van der Waals surface area contributed by atoms with E-state index in [0.29, 0.717) is 9.92 Å². The van der Waals surface area contributed by atoms with Gasteiger partial charge in [0.2, 0.25) is 9.84 Å². The Balaban J connectivity index is 1.91. The van der Waals surface area contributed by atoms with Gasteiger partial charge in [-0.25, -0.2) is 8.42 Å². The van der Waals surface area contributed by atoms with Gasteiger partial charge in [0.1, 0.15) is 5.03 Å². The van der Waals surface area contributed by atoms with Gasteiger partial charge in [-0.1, -0.05) is 18.2 Å². The third kappa shape index (κ3) is 2.36. The van der Waals surface area contributed by atoms with Gasteiger partial charge < -0.3 is 9.80 Å². The summed E-state index contributed by atoms with van der Waals surface area (Å²) in [5.41, 5.74) is 0.818. The van der Waals surface area contributed by atoms with Crippen LogP contribution in [0.4, 0.5) is 0 Å². The molecular formula is C15H20N2O2S. The second-order valence-corrected chi connectivity index (χ2v) is 7.39. The smallest absolute Gasteiger partial charge is 0.222 e. The van der Waals surface area contributed by atoms with Crippen molar-refractivity contribution < 1.29 is 8.42 Å². The van der Waals surface area contributed by atoms with Crippen LogP contribution in [-0.4, -0.2) is 51.4 Å². The molecule has 0 bridgehead atoms. The predicted octanol–water partition coefficient (Wildman–Crippen LogP) is 1.80. The molecule has 2 aliphatic heterocycles. The maximum absolute atomic E-state index is 12.6. The van der Waals surface area contributed by atoms with E-state index in [9.17, 15) is 8.42 Å². The molecule has 0 N–H and O–H groups in total. The highest BCUT2D eigenvalue weighted by molar-refractivity contribution is 7.95. The van der Waals surface area contributed by atoms with Gasteiger partial charge in [0.05, 0.1) is 4.90 Å². The van der Waals surface area contributed by atoms with E-state index in [1.54, 1.807) is 12.1 Å². The van der Waals surface area contributed by atoms with E-state index in [-0.39, 0.29) is 0 Å². The van der Waals surface area contributed by atoms with Crippen LogP contribution in [0.3, 0.4) is 0 Å². The normalized spacial score (nSPS) is 22.9. The molecule has 0 aliphatic carbocycles. The molecule has 0 atom stereocenters. The lowest BCUT2D eigenvalue weighted by molar-refractivity contribution is 0.235. The summed E-state index contributed by atoms with van der Waals surface area (Å²) in [6.45, 7) is 3.60. The maximum Gasteiger partial charge on any atom is 0.222 e. The summed E-state index contributed by atoms with van der Waals surface area (Å²) in [6.07, 6.45) is 3.98. The summed E-state index contributed by atoms with van der Waals surface area (Å²) in [5.74, 6) is 0. The van der Waals surface area contributed by atoms with Crippen molar-refractivity contribution in [2.24, 2.45) is 0 Å². The first-order valence-electron chi connectivity index (χ1n) is 7.08. The van der Waals surface area contributed by atoms with Crippen molar-refractivity contribution in [2.45, 2.75) is 17.7 Å². The summed E-state index contributed by atoms with van der Waals surface area (Å²) in [4.78, 5) is 4.75. The van der Waals surface area contributed by atoms with Crippen molar-refractivity contribution in [3.8, 4) is 0 Å². The van der Waals surface area contributed by atoms with E-state index in [0.717, 1.165) is 44.6 Å². The van der Waals surface area contributed by atoms with Crippen molar-refractivity contribution in [3.05, 3.63) is 34.9 Å². The molecule has 0 unspecified atom stereocenters. The maximum atomic E-state index is 12.6. The highest BCUT2D eigenvalue weighted by Crippen LogP contribution is 2.34. The van der Waals surface area contributed by atoms with Crippen LogP contribution in [0.2, 0.25) is 0 Å². The van der Waals surface area contributed by atoms with Gasteiger partial charge in [-0.15, -0.1) is 0 Å². The van der Waals surface area contributed by atoms with Crippen LogP contribution in [-0.2, 0) is 9.84 Å². The zero-order valence-electron chi connectivity index (χ0n) is 11.7. The molecule has 0 amide bonds. The van der Waals surface area contributed by atoms with Gasteiger partial charge >= 0.3 is 0 Å². The van der Waals surface area contributed by atoms with E-state index in [1.165, 1.54) is 0 Å². The first-order chi connectivity index (χ1) is 9.59. The quantitative estimate of drug-likeness (QED) is 0.791. The molecule has 2 heterocycles. The summed E-state index contributed by atoms with van der Waals surface area (Å²) in [5, 5.41) is 0.481. The number of rotatable bonds is 1. The van der Waals surface area contributed by atoms with Crippen LogP contribution in [0.1, 0.15) is 18.4 Å². The van der Waals surface area contributed by atoms with Gasteiger partial charge in [-0.3, -0.25) is 0 Å². The van der Waals surface area contributed by atoms with Crippen LogP contribution in [0.25, 0.3) is 6.08 Å². The molecule has 1 aromatic rings. The van der Waals surface area contributed by atoms with E-state index in [4.69, 9.17) is 0 Å². The number of likely N-dealkylation sites (N-methyl/N-ethyl adjacent to an activating group) is 1. The van der Waals surface area contributed by atoms with E-state index >= 15 is 0 Å². The van der Waals surface area contributed by atoms with Crippen LogP contribution in [0.5, 0.6) is 0 Å². The fraction of sp³-hybridized carbons (Fsp3) is 0.467. The molecule has 3 rings (SSSR count). The van der Waals surface area contributed by atoms with E-state index in [1.807, 2.05) is 23.1 Å². The van der Waals surface area contributed by atoms with Crippen LogP contribution in [0, 0.1) is 0 Å². The topological polar surface area (TPSA) is 40.6 Å². The van der Waals surface area contributed by atoms with Gasteiger partial charge in [-0.2, -0.15) is 0 Å². The first kappa shape index (κ1) is 13.6. The Kier molecular flexibility index (Phi) is 3.56. The molecule has 0 saturated carbocycles. The Morgan fingerprint density at radius 2 is 1.75 bits per heavy atom. The third-order valence-electron chi connectivity index (χ3n) is 4.04. The fourth-order valence-electron chi connectivity index (χ4n) is 2.85. The van der Waals surface area contributed by atoms with Crippen LogP contribution >= 0.6 is 0 Å². The predicted molar refractivity (Wildman–Crippen MR) is 79.9 cm³/mol. The van der Waals surface area contributed by atoms with E-state index in [2.05, 4.69) is 11.9 Å². The highest BCUT2D eigenvalue weighted by Gasteiger charge is 2.33. The molecular weight excluding hydrogens is 272 g/mol. The number of benzene rings is 1. The van der Waals surface area contributed by atoms with Gasteiger partial charge in [0.25, 0.3) is 0 Å². The lowest BCUT2D eigenvalue weighted by atomic mass is 10.2. The first-order valence-corrected chi connectivity index (χ1v) is 8.57. The second kappa shape index (κ2) is 5.22. The zero-order valence-corrected chi connectivity index (χ0v) is 12.6. The molecule has 4 nitrogen and oxygen atoms in total. The monoisotopic (exact) mass is 292 g/mol. The standard InChI is InChI=1S/C15H20N2O2S/c1-16-8-4-5-9-17(11-10-16)15-12-13-6-2-3-7-14(13)20(15,18)19/h2-3,6-7,12H,4-5,8-11H2,1H3. The molecule has 5 heteroatoms. The molecule has 0 aromatic heterocycles. The Labute approximate surface area is 120 Å². The van der Waals surface area contributed by atoms with E-state index < -0.39 is 9.84 Å². The molecule has 20 heavy (non-hydrogen) atoms. The fourth-order valence-corrected chi connectivity index (χ4v) is 4.57. The lowest BCUT2D eigenvalue weighted by Gasteiger charge is -2.30. The SMILES string of the molecule is CN1CCCCN(C2=Cc3ccccc3S2(=O)=O)CC1. The Morgan fingerprint density at radius 3 is 2.55 bits per heavy atom. The Hall–Kier alpha value is -1.33. The molecule has 108 valence electrons. The number of hydrogen-bond donors (Lipinski definition) is 0. The minimum absolute atomic E-state index is 0.449. The Bertz CT molecular complexity index is 637. The van der Waals surface area contributed by atoms with Gasteiger partial charge in [0.15, 0.2) is 0 Å². The van der Waals surface area contributed by atoms with Crippen molar-refractivity contribution in [1.82, 2.24) is 9.80 Å². The number of nitrogens with zero attached hydrogens (tertiary/aromatic N) is 2. The molecule has 2 aliphatic rings. The number of fused-ring (bicyclic) bond motifs is 1. The molecule has 0 spiro atoms. The lowest BCUT2D eigenvalue weighted by Crippen LogP contribution is -2.37.